The third-order valence-corrected chi connectivity index (χ3v) is 5.25. The summed E-state index contributed by atoms with van der Waals surface area (Å²) in [6.07, 6.45) is -1.59. The molecule has 144 valence electrons. The lowest BCUT2D eigenvalue weighted by Gasteiger charge is -2.12. The molecule has 3 aromatic heterocycles. The Morgan fingerprint density at radius 2 is 1.90 bits per heavy atom. The van der Waals surface area contributed by atoms with E-state index in [9.17, 15) is 18.0 Å². The van der Waals surface area contributed by atoms with Gasteiger partial charge in [0.25, 0.3) is 5.56 Å². The Bertz CT molecular complexity index is 1300. The summed E-state index contributed by atoms with van der Waals surface area (Å²) in [5, 5.41) is 15.0. The number of benzene rings is 1. The summed E-state index contributed by atoms with van der Waals surface area (Å²) in [7, 11) is 0. The van der Waals surface area contributed by atoms with Gasteiger partial charge in [0.05, 0.1) is 21.7 Å². The van der Waals surface area contributed by atoms with E-state index in [2.05, 4.69) is 10.1 Å². The predicted octanol–water partition coefficient (Wildman–Crippen LogP) is 4.62. The quantitative estimate of drug-likeness (QED) is 0.492. The number of fused-ring (bicyclic) bond motifs is 1. The topological polar surface area (TPSA) is 71.6 Å². The van der Waals surface area contributed by atoms with E-state index in [1.807, 2.05) is 6.07 Å². The molecule has 4 aromatic rings. The van der Waals surface area contributed by atoms with Gasteiger partial charge >= 0.3 is 6.18 Å². The van der Waals surface area contributed by atoms with Gasteiger partial charge in [-0.1, -0.05) is 12.1 Å². The van der Waals surface area contributed by atoms with Crippen LogP contribution in [-0.2, 0) is 6.54 Å². The molecule has 0 bridgehead atoms. The lowest BCUT2D eigenvalue weighted by Crippen LogP contribution is -2.30. The molecule has 0 fully saturated rings. The third kappa shape index (κ3) is 3.62. The van der Waals surface area contributed by atoms with Gasteiger partial charge in [0.15, 0.2) is 0 Å². The number of rotatable bonds is 3. The Morgan fingerprint density at radius 3 is 2.59 bits per heavy atom. The van der Waals surface area contributed by atoms with E-state index in [0.717, 1.165) is 0 Å². The zero-order valence-electron chi connectivity index (χ0n) is 14.6. The van der Waals surface area contributed by atoms with Gasteiger partial charge in [0.1, 0.15) is 12.2 Å². The maximum absolute atomic E-state index is 13.1. The normalized spacial score (nSPS) is 11.5. The second-order valence-electron chi connectivity index (χ2n) is 6.21. The summed E-state index contributed by atoms with van der Waals surface area (Å²) in [5.74, 6) is 0. The van der Waals surface area contributed by atoms with Gasteiger partial charge in [0.2, 0.25) is 0 Å². The zero-order valence-corrected chi connectivity index (χ0v) is 15.5. The summed E-state index contributed by atoms with van der Waals surface area (Å²) in [5.41, 5.74) is 1.45. The average Bonchev–Trinajstić information content (AvgIpc) is 3.15. The molecule has 0 radical (unpaired) electrons. The number of halogens is 3. The van der Waals surface area contributed by atoms with Crippen molar-refractivity contribution in [3.8, 4) is 28.5 Å². The van der Waals surface area contributed by atoms with Crippen LogP contribution in [0.3, 0.4) is 0 Å². The highest BCUT2D eigenvalue weighted by molar-refractivity contribution is 7.18. The fourth-order valence-corrected chi connectivity index (χ4v) is 4.10. The van der Waals surface area contributed by atoms with Crippen LogP contribution in [0, 0.1) is 11.3 Å². The van der Waals surface area contributed by atoms with Crippen LogP contribution in [0.5, 0.6) is 0 Å². The fourth-order valence-electron chi connectivity index (χ4n) is 3.03. The minimum Gasteiger partial charge on any atom is -0.267 e. The van der Waals surface area contributed by atoms with Crippen LogP contribution in [0.2, 0.25) is 0 Å². The van der Waals surface area contributed by atoms with Crippen LogP contribution < -0.4 is 5.56 Å². The first-order valence-corrected chi connectivity index (χ1v) is 9.25. The minimum absolute atomic E-state index is 0.149. The Morgan fingerprint density at radius 1 is 1.14 bits per heavy atom. The van der Waals surface area contributed by atoms with Crippen molar-refractivity contribution in [1.29, 1.82) is 5.26 Å². The van der Waals surface area contributed by atoms with Crippen LogP contribution in [-0.4, -0.2) is 20.9 Å². The van der Waals surface area contributed by atoms with Crippen molar-refractivity contribution in [3.63, 3.8) is 0 Å². The number of hydrogen-bond donors (Lipinski definition) is 0. The van der Waals surface area contributed by atoms with E-state index in [-0.39, 0.29) is 11.1 Å². The molecule has 29 heavy (non-hydrogen) atoms. The largest absolute Gasteiger partial charge is 0.408 e. The Kier molecular flexibility index (Phi) is 4.64. The summed E-state index contributed by atoms with van der Waals surface area (Å²) in [6, 6.07) is 11.9. The molecular formula is C20H11F3N4OS. The number of nitrogens with zero attached hydrogens (tertiary/aromatic N) is 4. The minimum atomic E-state index is -4.60. The van der Waals surface area contributed by atoms with Crippen molar-refractivity contribution in [2.24, 2.45) is 0 Å². The monoisotopic (exact) mass is 412 g/mol. The maximum atomic E-state index is 13.1. The number of hydrogen-bond acceptors (Lipinski definition) is 5. The molecule has 0 saturated heterocycles. The second-order valence-corrected chi connectivity index (χ2v) is 7.09. The standard InChI is InChI=1S/C20H11F3N4OS/c21-20(22,23)11-27-19(28)16-15(14-3-1-2-12(8-14)9-24)10-29-18(16)17(26-27)13-4-6-25-7-5-13/h1-8,10H,11H2. The molecule has 0 unspecified atom stereocenters. The predicted molar refractivity (Wildman–Crippen MR) is 103 cm³/mol. The first kappa shape index (κ1) is 18.8. The van der Waals surface area contributed by atoms with Crippen molar-refractivity contribution < 1.29 is 13.2 Å². The highest BCUT2D eigenvalue weighted by Crippen LogP contribution is 2.37. The number of alkyl halides is 3. The van der Waals surface area contributed by atoms with Crippen LogP contribution in [0.4, 0.5) is 13.2 Å². The van der Waals surface area contributed by atoms with Gasteiger partial charge < -0.3 is 0 Å². The van der Waals surface area contributed by atoms with E-state index in [1.54, 1.807) is 41.8 Å². The van der Waals surface area contributed by atoms with E-state index >= 15 is 0 Å². The second kappa shape index (κ2) is 7.14. The van der Waals surface area contributed by atoms with Gasteiger partial charge in [-0.25, -0.2) is 4.68 Å². The molecule has 0 atom stereocenters. The van der Waals surface area contributed by atoms with E-state index in [1.165, 1.54) is 23.7 Å². The molecule has 5 nitrogen and oxygen atoms in total. The molecule has 0 N–H and O–H groups in total. The first-order valence-electron chi connectivity index (χ1n) is 8.37. The first-order chi connectivity index (χ1) is 13.9. The summed E-state index contributed by atoms with van der Waals surface area (Å²) in [6.45, 7) is -1.49. The summed E-state index contributed by atoms with van der Waals surface area (Å²) >= 11 is 1.22. The average molecular weight is 412 g/mol. The van der Waals surface area contributed by atoms with Crippen molar-refractivity contribution in [1.82, 2.24) is 14.8 Å². The third-order valence-electron chi connectivity index (χ3n) is 4.26. The van der Waals surface area contributed by atoms with Gasteiger partial charge in [0, 0.05) is 28.9 Å². The molecular weight excluding hydrogens is 401 g/mol. The summed E-state index contributed by atoms with van der Waals surface area (Å²) < 4.78 is 40.1. The van der Waals surface area contributed by atoms with Gasteiger partial charge in [-0.15, -0.1) is 11.3 Å². The molecule has 9 heteroatoms. The molecule has 0 aliphatic rings. The maximum Gasteiger partial charge on any atom is 0.408 e. The number of aromatic nitrogens is 3. The number of nitriles is 1. The molecule has 3 heterocycles. The summed E-state index contributed by atoms with van der Waals surface area (Å²) in [4.78, 5) is 16.8. The smallest absolute Gasteiger partial charge is 0.267 e. The molecule has 0 aliphatic carbocycles. The van der Waals surface area contributed by atoms with Gasteiger partial charge in [-0.05, 0) is 29.8 Å². The SMILES string of the molecule is N#Cc1cccc(-c2csc3c(-c4ccncc4)nn(CC(F)(F)F)c(=O)c23)c1. The Labute approximate surface area is 166 Å². The highest BCUT2D eigenvalue weighted by atomic mass is 32.1. The molecule has 0 spiro atoms. The molecule has 0 amide bonds. The Hall–Kier alpha value is -3.51. The van der Waals surface area contributed by atoms with Crippen LogP contribution in [0.15, 0.2) is 59.0 Å². The van der Waals surface area contributed by atoms with E-state index in [4.69, 9.17) is 5.26 Å². The van der Waals surface area contributed by atoms with Gasteiger partial charge in [-0.3, -0.25) is 9.78 Å². The van der Waals surface area contributed by atoms with Crippen LogP contribution >= 0.6 is 11.3 Å². The molecule has 0 aliphatic heterocycles. The molecule has 4 rings (SSSR count). The number of thiophene rings is 1. The van der Waals surface area contributed by atoms with Crippen molar-refractivity contribution in [3.05, 3.63) is 70.1 Å². The van der Waals surface area contributed by atoms with Crippen molar-refractivity contribution >= 4 is 21.4 Å². The van der Waals surface area contributed by atoms with E-state index in [0.29, 0.717) is 31.6 Å². The van der Waals surface area contributed by atoms with Crippen molar-refractivity contribution in [2.75, 3.05) is 0 Å². The fraction of sp³-hybridized carbons (Fsp3) is 0.100. The van der Waals surface area contributed by atoms with Crippen LogP contribution in [0.1, 0.15) is 5.56 Å². The van der Waals surface area contributed by atoms with Crippen molar-refractivity contribution in [2.45, 2.75) is 12.7 Å². The lowest BCUT2D eigenvalue weighted by atomic mass is 10.0. The number of pyridine rings is 1. The van der Waals surface area contributed by atoms with Crippen LogP contribution in [0.25, 0.3) is 32.5 Å². The molecule has 1 aromatic carbocycles. The zero-order chi connectivity index (χ0) is 20.6. The molecule has 0 saturated carbocycles. The van der Waals surface area contributed by atoms with E-state index < -0.39 is 18.3 Å². The highest BCUT2D eigenvalue weighted by Gasteiger charge is 2.30. The Balaban J connectivity index is 2.05. The van der Waals surface area contributed by atoms with Gasteiger partial charge in [-0.2, -0.15) is 23.5 Å². The lowest BCUT2D eigenvalue weighted by molar-refractivity contribution is -0.143.